The average molecular weight is 387 g/mol. The number of rotatable bonds is 3. The highest BCUT2D eigenvalue weighted by molar-refractivity contribution is 9.11. The van der Waals surface area contributed by atoms with Gasteiger partial charge in [-0.05, 0) is 61.0 Å². The molecular formula is C15H14Br2FN. The standard InChI is InChI=1S/C15H14Br2FN/c1-9-5-13(18)3-4-14(9)15(19-2)10-6-11(16)8-12(17)7-10/h3-8,15,19H,1-2H3. The van der Waals surface area contributed by atoms with Gasteiger partial charge in [0.1, 0.15) is 5.82 Å². The molecule has 0 fully saturated rings. The zero-order valence-electron chi connectivity index (χ0n) is 10.7. The van der Waals surface area contributed by atoms with Crippen molar-refractivity contribution in [3.8, 4) is 0 Å². The minimum atomic E-state index is -0.202. The van der Waals surface area contributed by atoms with E-state index in [4.69, 9.17) is 0 Å². The summed E-state index contributed by atoms with van der Waals surface area (Å²) in [6, 6.07) is 11.1. The summed E-state index contributed by atoms with van der Waals surface area (Å²) in [6.07, 6.45) is 0. The molecule has 2 aromatic rings. The number of aryl methyl sites for hydroxylation is 1. The van der Waals surface area contributed by atoms with Gasteiger partial charge < -0.3 is 5.32 Å². The van der Waals surface area contributed by atoms with Crippen LogP contribution in [0.15, 0.2) is 45.3 Å². The van der Waals surface area contributed by atoms with Crippen molar-refractivity contribution in [2.45, 2.75) is 13.0 Å². The molecule has 0 heterocycles. The maximum absolute atomic E-state index is 13.2. The normalized spacial score (nSPS) is 12.5. The van der Waals surface area contributed by atoms with E-state index in [0.717, 1.165) is 25.6 Å². The summed E-state index contributed by atoms with van der Waals surface area (Å²) < 4.78 is 15.2. The minimum absolute atomic E-state index is 0.0365. The molecule has 0 aliphatic carbocycles. The van der Waals surface area contributed by atoms with E-state index < -0.39 is 0 Å². The highest BCUT2D eigenvalue weighted by Crippen LogP contribution is 2.29. The molecule has 19 heavy (non-hydrogen) atoms. The Morgan fingerprint density at radius 2 is 1.68 bits per heavy atom. The van der Waals surface area contributed by atoms with Crippen LogP contribution in [-0.2, 0) is 0 Å². The lowest BCUT2D eigenvalue weighted by molar-refractivity contribution is 0.621. The maximum atomic E-state index is 13.2. The van der Waals surface area contributed by atoms with Crippen molar-refractivity contribution in [2.24, 2.45) is 0 Å². The largest absolute Gasteiger partial charge is 0.309 e. The fraction of sp³-hybridized carbons (Fsp3) is 0.200. The van der Waals surface area contributed by atoms with Crippen LogP contribution < -0.4 is 5.32 Å². The van der Waals surface area contributed by atoms with E-state index in [-0.39, 0.29) is 11.9 Å². The zero-order valence-corrected chi connectivity index (χ0v) is 13.8. The Kier molecular flexibility index (Phi) is 4.76. The summed E-state index contributed by atoms with van der Waals surface area (Å²) in [5.74, 6) is -0.202. The monoisotopic (exact) mass is 385 g/mol. The molecule has 1 nitrogen and oxygen atoms in total. The molecule has 0 saturated carbocycles. The Morgan fingerprint density at radius 3 is 2.21 bits per heavy atom. The Balaban J connectivity index is 2.49. The number of nitrogens with one attached hydrogen (secondary N) is 1. The number of halogens is 3. The highest BCUT2D eigenvalue weighted by Gasteiger charge is 2.15. The van der Waals surface area contributed by atoms with Gasteiger partial charge in [0, 0.05) is 8.95 Å². The predicted molar refractivity (Wildman–Crippen MR) is 83.9 cm³/mol. The molecule has 0 amide bonds. The minimum Gasteiger partial charge on any atom is -0.309 e. The molecule has 0 bridgehead atoms. The van der Waals surface area contributed by atoms with Crippen molar-refractivity contribution in [3.05, 3.63) is 67.9 Å². The summed E-state index contributed by atoms with van der Waals surface area (Å²) in [5, 5.41) is 3.29. The lowest BCUT2D eigenvalue weighted by Crippen LogP contribution is -2.18. The first-order valence-electron chi connectivity index (χ1n) is 5.90. The van der Waals surface area contributed by atoms with Gasteiger partial charge in [0.2, 0.25) is 0 Å². The molecule has 0 aromatic heterocycles. The van der Waals surface area contributed by atoms with E-state index in [0.29, 0.717) is 0 Å². The van der Waals surface area contributed by atoms with Crippen molar-refractivity contribution in [1.29, 1.82) is 0 Å². The first-order chi connectivity index (χ1) is 9.01. The Bertz CT molecular complexity index is 578. The fourth-order valence-electron chi connectivity index (χ4n) is 2.21. The molecule has 0 aliphatic heterocycles. The summed E-state index contributed by atoms with van der Waals surface area (Å²) in [6.45, 7) is 1.93. The summed E-state index contributed by atoms with van der Waals surface area (Å²) >= 11 is 6.99. The van der Waals surface area contributed by atoms with Gasteiger partial charge in [0.05, 0.1) is 6.04 Å². The molecule has 1 unspecified atom stereocenters. The van der Waals surface area contributed by atoms with Crippen LogP contribution in [0.2, 0.25) is 0 Å². The predicted octanol–water partition coefficient (Wildman–Crippen LogP) is 4.97. The first kappa shape index (κ1) is 14.7. The third-order valence-electron chi connectivity index (χ3n) is 3.05. The molecule has 1 atom stereocenters. The molecule has 1 N–H and O–H groups in total. The number of hydrogen-bond donors (Lipinski definition) is 1. The third-order valence-corrected chi connectivity index (χ3v) is 3.97. The van der Waals surface area contributed by atoms with Crippen molar-refractivity contribution < 1.29 is 4.39 Å². The second kappa shape index (κ2) is 6.16. The molecule has 0 aliphatic rings. The average Bonchev–Trinajstić information content (AvgIpc) is 2.31. The molecule has 0 radical (unpaired) electrons. The zero-order chi connectivity index (χ0) is 14.0. The molecule has 2 aromatic carbocycles. The van der Waals surface area contributed by atoms with Crippen LogP contribution in [0.5, 0.6) is 0 Å². The Hall–Kier alpha value is -0.710. The van der Waals surface area contributed by atoms with Gasteiger partial charge in [0.25, 0.3) is 0 Å². The second-order valence-corrected chi connectivity index (χ2v) is 6.26. The van der Waals surface area contributed by atoms with Crippen LogP contribution >= 0.6 is 31.9 Å². The van der Waals surface area contributed by atoms with Crippen molar-refractivity contribution in [3.63, 3.8) is 0 Å². The van der Waals surface area contributed by atoms with Crippen LogP contribution in [0, 0.1) is 12.7 Å². The van der Waals surface area contributed by atoms with Gasteiger partial charge in [-0.2, -0.15) is 0 Å². The van der Waals surface area contributed by atoms with Crippen LogP contribution in [0.4, 0.5) is 4.39 Å². The van der Waals surface area contributed by atoms with Gasteiger partial charge >= 0.3 is 0 Å². The lowest BCUT2D eigenvalue weighted by Gasteiger charge is -2.20. The van der Waals surface area contributed by atoms with Crippen LogP contribution in [0.1, 0.15) is 22.7 Å². The van der Waals surface area contributed by atoms with E-state index in [1.54, 1.807) is 6.07 Å². The van der Waals surface area contributed by atoms with E-state index in [1.165, 1.54) is 6.07 Å². The fourth-order valence-corrected chi connectivity index (χ4v) is 3.54. The molecule has 100 valence electrons. The van der Waals surface area contributed by atoms with E-state index in [9.17, 15) is 4.39 Å². The van der Waals surface area contributed by atoms with Gasteiger partial charge in [-0.15, -0.1) is 0 Å². The summed E-state index contributed by atoms with van der Waals surface area (Å²) in [5.41, 5.74) is 3.14. The van der Waals surface area contributed by atoms with E-state index >= 15 is 0 Å². The van der Waals surface area contributed by atoms with E-state index in [1.807, 2.05) is 26.1 Å². The molecule has 4 heteroatoms. The summed E-state index contributed by atoms with van der Waals surface area (Å²) in [7, 11) is 1.91. The van der Waals surface area contributed by atoms with Crippen molar-refractivity contribution in [1.82, 2.24) is 5.32 Å². The van der Waals surface area contributed by atoms with E-state index in [2.05, 4.69) is 49.3 Å². The Labute approximate surface area is 129 Å². The van der Waals surface area contributed by atoms with Crippen LogP contribution in [-0.4, -0.2) is 7.05 Å². The third kappa shape index (κ3) is 3.44. The topological polar surface area (TPSA) is 12.0 Å². The highest BCUT2D eigenvalue weighted by atomic mass is 79.9. The smallest absolute Gasteiger partial charge is 0.123 e. The molecule has 0 saturated heterocycles. The van der Waals surface area contributed by atoms with Crippen LogP contribution in [0.3, 0.4) is 0 Å². The van der Waals surface area contributed by atoms with Crippen molar-refractivity contribution in [2.75, 3.05) is 7.05 Å². The maximum Gasteiger partial charge on any atom is 0.123 e. The second-order valence-electron chi connectivity index (χ2n) is 4.43. The van der Waals surface area contributed by atoms with Gasteiger partial charge in [-0.3, -0.25) is 0 Å². The van der Waals surface area contributed by atoms with Gasteiger partial charge in [-0.25, -0.2) is 4.39 Å². The SMILES string of the molecule is CNC(c1cc(Br)cc(Br)c1)c1ccc(F)cc1C. The number of hydrogen-bond acceptors (Lipinski definition) is 1. The van der Waals surface area contributed by atoms with Crippen LogP contribution in [0.25, 0.3) is 0 Å². The van der Waals surface area contributed by atoms with Gasteiger partial charge in [-0.1, -0.05) is 37.9 Å². The molecule has 0 spiro atoms. The van der Waals surface area contributed by atoms with Gasteiger partial charge in [0.15, 0.2) is 0 Å². The van der Waals surface area contributed by atoms with Crippen molar-refractivity contribution >= 4 is 31.9 Å². The quantitative estimate of drug-likeness (QED) is 0.785. The number of benzene rings is 2. The molecule has 2 rings (SSSR count). The summed E-state index contributed by atoms with van der Waals surface area (Å²) in [4.78, 5) is 0. The Morgan fingerprint density at radius 1 is 1.05 bits per heavy atom. The first-order valence-corrected chi connectivity index (χ1v) is 7.49. The molecular weight excluding hydrogens is 373 g/mol. The lowest BCUT2D eigenvalue weighted by atomic mass is 9.95.